The SMILES string of the molecule is CN(C)CCCOc1ccc(-c2ccc(CSCCOc3ccccc3)o2)cc1. The van der Waals surface area contributed by atoms with Crippen LogP contribution in [0.4, 0.5) is 0 Å². The maximum Gasteiger partial charge on any atom is 0.134 e. The second-order valence-electron chi connectivity index (χ2n) is 7.01. The third-order valence-electron chi connectivity index (χ3n) is 4.30. The molecule has 5 heteroatoms. The lowest BCUT2D eigenvalue weighted by molar-refractivity contribution is 0.281. The first-order valence-corrected chi connectivity index (χ1v) is 11.1. The third-order valence-corrected chi connectivity index (χ3v) is 5.25. The highest BCUT2D eigenvalue weighted by Gasteiger charge is 2.06. The van der Waals surface area contributed by atoms with E-state index in [0.717, 1.165) is 59.7 Å². The fraction of sp³-hybridized carbons (Fsp3) is 0.333. The Hall–Kier alpha value is -2.37. The van der Waals surface area contributed by atoms with Gasteiger partial charge in [-0.2, -0.15) is 11.8 Å². The highest BCUT2D eigenvalue weighted by atomic mass is 32.2. The van der Waals surface area contributed by atoms with Gasteiger partial charge in [0.25, 0.3) is 0 Å². The van der Waals surface area contributed by atoms with Gasteiger partial charge in [-0.05, 0) is 69.0 Å². The van der Waals surface area contributed by atoms with E-state index in [1.807, 2.05) is 78.5 Å². The van der Waals surface area contributed by atoms with Crippen LogP contribution in [0.1, 0.15) is 12.2 Å². The number of ether oxygens (including phenoxy) is 2. The molecule has 0 fully saturated rings. The lowest BCUT2D eigenvalue weighted by atomic mass is 10.2. The number of hydrogen-bond acceptors (Lipinski definition) is 5. The third kappa shape index (κ3) is 7.52. The Morgan fingerprint density at radius 1 is 0.828 bits per heavy atom. The van der Waals surface area contributed by atoms with E-state index in [-0.39, 0.29) is 0 Å². The molecule has 29 heavy (non-hydrogen) atoms. The van der Waals surface area contributed by atoms with E-state index in [0.29, 0.717) is 6.61 Å². The number of para-hydroxylation sites is 1. The predicted octanol–water partition coefficient (Wildman–Crippen LogP) is 5.59. The topological polar surface area (TPSA) is 34.8 Å². The molecule has 4 nitrogen and oxygen atoms in total. The van der Waals surface area contributed by atoms with Crippen molar-refractivity contribution < 1.29 is 13.9 Å². The van der Waals surface area contributed by atoms with Crippen molar-refractivity contribution >= 4 is 11.8 Å². The summed E-state index contributed by atoms with van der Waals surface area (Å²) in [6.45, 7) is 2.45. The molecule has 1 aromatic heterocycles. The highest BCUT2D eigenvalue weighted by Crippen LogP contribution is 2.26. The summed E-state index contributed by atoms with van der Waals surface area (Å²) in [6.07, 6.45) is 1.02. The molecule has 0 unspecified atom stereocenters. The van der Waals surface area contributed by atoms with Crippen LogP contribution in [0.5, 0.6) is 11.5 Å². The summed E-state index contributed by atoms with van der Waals surface area (Å²) in [5, 5.41) is 0. The van der Waals surface area contributed by atoms with Crippen molar-refractivity contribution in [2.24, 2.45) is 0 Å². The van der Waals surface area contributed by atoms with Crippen molar-refractivity contribution in [2.45, 2.75) is 12.2 Å². The second-order valence-corrected chi connectivity index (χ2v) is 8.11. The predicted molar refractivity (Wildman–Crippen MR) is 121 cm³/mol. The average Bonchev–Trinajstić information content (AvgIpc) is 3.21. The highest BCUT2D eigenvalue weighted by molar-refractivity contribution is 7.98. The van der Waals surface area contributed by atoms with E-state index >= 15 is 0 Å². The molecule has 0 amide bonds. The lowest BCUT2D eigenvalue weighted by Gasteiger charge is -2.10. The minimum absolute atomic E-state index is 0.693. The van der Waals surface area contributed by atoms with Gasteiger partial charge in [0.1, 0.15) is 23.0 Å². The van der Waals surface area contributed by atoms with Crippen LogP contribution < -0.4 is 9.47 Å². The molecule has 0 atom stereocenters. The molecule has 2 aromatic carbocycles. The molecule has 0 bridgehead atoms. The maximum absolute atomic E-state index is 5.99. The first kappa shape index (κ1) is 21.3. The minimum atomic E-state index is 0.693. The number of benzene rings is 2. The van der Waals surface area contributed by atoms with E-state index in [1.165, 1.54) is 0 Å². The Kier molecular flexibility index (Phi) is 8.53. The zero-order valence-corrected chi connectivity index (χ0v) is 18.0. The summed E-state index contributed by atoms with van der Waals surface area (Å²) in [6, 6.07) is 22.1. The number of hydrogen-bond donors (Lipinski definition) is 0. The molecular weight excluding hydrogens is 382 g/mol. The summed E-state index contributed by atoms with van der Waals surface area (Å²) in [5.41, 5.74) is 1.06. The summed E-state index contributed by atoms with van der Waals surface area (Å²) in [4.78, 5) is 2.16. The van der Waals surface area contributed by atoms with Gasteiger partial charge in [0.15, 0.2) is 0 Å². The van der Waals surface area contributed by atoms with Gasteiger partial charge in [-0.3, -0.25) is 0 Å². The van der Waals surface area contributed by atoms with Crippen molar-refractivity contribution in [1.82, 2.24) is 4.90 Å². The van der Waals surface area contributed by atoms with E-state index in [1.54, 1.807) is 0 Å². The quantitative estimate of drug-likeness (QED) is 0.363. The smallest absolute Gasteiger partial charge is 0.134 e. The molecule has 0 aliphatic heterocycles. The Labute approximate surface area is 177 Å². The normalized spacial score (nSPS) is 11.0. The van der Waals surface area contributed by atoms with Crippen molar-refractivity contribution in [3.8, 4) is 22.8 Å². The first-order chi connectivity index (χ1) is 14.2. The Balaban J connectivity index is 1.38. The van der Waals surface area contributed by atoms with Crippen molar-refractivity contribution in [3.05, 3.63) is 72.5 Å². The number of nitrogens with zero attached hydrogens (tertiary/aromatic N) is 1. The first-order valence-electron chi connectivity index (χ1n) is 9.93. The zero-order chi connectivity index (χ0) is 20.3. The van der Waals surface area contributed by atoms with Gasteiger partial charge in [-0.1, -0.05) is 18.2 Å². The molecule has 154 valence electrons. The van der Waals surface area contributed by atoms with E-state index in [2.05, 4.69) is 19.0 Å². The van der Waals surface area contributed by atoms with E-state index < -0.39 is 0 Å². The molecule has 0 N–H and O–H groups in total. The molecule has 0 spiro atoms. The number of furan rings is 1. The van der Waals surface area contributed by atoms with Crippen molar-refractivity contribution in [2.75, 3.05) is 39.6 Å². The van der Waals surface area contributed by atoms with Gasteiger partial charge in [0, 0.05) is 17.9 Å². The molecule has 0 aliphatic carbocycles. The Morgan fingerprint density at radius 2 is 1.55 bits per heavy atom. The van der Waals surface area contributed by atoms with Gasteiger partial charge in [0.2, 0.25) is 0 Å². The lowest BCUT2D eigenvalue weighted by Crippen LogP contribution is -2.15. The van der Waals surface area contributed by atoms with Crippen LogP contribution in [0, 0.1) is 0 Å². The average molecular weight is 412 g/mol. The van der Waals surface area contributed by atoms with Gasteiger partial charge in [-0.25, -0.2) is 0 Å². The Bertz CT molecular complexity index is 831. The number of thioether (sulfide) groups is 1. The molecular formula is C24H29NO3S. The van der Waals surface area contributed by atoms with Crippen LogP contribution in [-0.2, 0) is 5.75 Å². The largest absolute Gasteiger partial charge is 0.494 e. The van der Waals surface area contributed by atoms with Crippen LogP contribution in [-0.4, -0.2) is 44.5 Å². The van der Waals surface area contributed by atoms with Crippen molar-refractivity contribution in [1.29, 1.82) is 0 Å². The molecule has 1 heterocycles. The van der Waals surface area contributed by atoms with Gasteiger partial charge in [-0.15, -0.1) is 0 Å². The summed E-state index contributed by atoms with van der Waals surface area (Å²) < 4.78 is 17.5. The molecule has 0 saturated heterocycles. The summed E-state index contributed by atoms with van der Waals surface area (Å²) in [5.74, 6) is 5.44. The molecule has 3 aromatic rings. The van der Waals surface area contributed by atoms with E-state index in [9.17, 15) is 0 Å². The molecule has 0 aliphatic rings. The van der Waals surface area contributed by atoms with Crippen LogP contribution in [0.25, 0.3) is 11.3 Å². The fourth-order valence-corrected chi connectivity index (χ4v) is 3.51. The van der Waals surface area contributed by atoms with Gasteiger partial charge in [0.05, 0.1) is 19.0 Å². The Morgan fingerprint density at radius 3 is 2.31 bits per heavy atom. The zero-order valence-electron chi connectivity index (χ0n) is 17.2. The van der Waals surface area contributed by atoms with Crippen LogP contribution >= 0.6 is 11.8 Å². The molecule has 0 saturated carbocycles. The van der Waals surface area contributed by atoms with Gasteiger partial charge < -0.3 is 18.8 Å². The summed E-state index contributed by atoms with van der Waals surface area (Å²) >= 11 is 1.81. The standard InChI is InChI=1S/C24H29NO3S/c1-25(2)15-6-16-26-22-11-9-20(10-12-22)24-14-13-23(28-24)19-29-18-17-27-21-7-4-3-5-8-21/h3-5,7-14H,6,15-19H2,1-2H3. The molecule has 0 radical (unpaired) electrons. The fourth-order valence-electron chi connectivity index (χ4n) is 2.80. The van der Waals surface area contributed by atoms with Gasteiger partial charge >= 0.3 is 0 Å². The minimum Gasteiger partial charge on any atom is -0.494 e. The van der Waals surface area contributed by atoms with Crippen LogP contribution in [0.15, 0.2) is 71.1 Å². The van der Waals surface area contributed by atoms with Crippen molar-refractivity contribution in [3.63, 3.8) is 0 Å². The summed E-state index contributed by atoms with van der Waals surface area (Å²) in [7, 11) is 4.15. The van der Waals surface area contributed by atoms with Crippen LogP contribution in [0.3, 0.4) is 0 Å². The maximum atomic E-state index is 5.99. The van der Waals surface area contributed by atoms with E-state index in [4.69, 9.17) is 13.9 Å². The molecule has 3 rings (SSSR count). The number of rotatable bonds is 12. The second kappa shape index (κ2) is 11.6. The monoisotopic (exact) mass is 411 g/mol. The van der Waals surface area contributed by atoms with Crippen LogP contribution in [0.2, 0.25) is 0 Å².